The number of rotatable bonds is 4. The standard InChI is InChI=1S/C13H22N2O3/c1-9-5-6-15(10(9)7-16)12(18)11(14-8-17)13(2,3)4/h7-11H,5-6H2,1-4H3,(H,14,17)/t9?,10?,11-/m1/s1. The number of amides is 2. The van der Waals surface area contributed by atoms with Crippen molar-refractivity contribution in [3.8, 4) is 0 Å². The molecule has 0 aromatic carbocycles. The summed E-state index contributed by atoms with van der Waals surface area (Å²) in [6, 6.07) is -0.960. The van der Waals surface area contributed by atoms with E-state index in [-0.39, 0.29) is 23.3 Å². The van der Waals surface area contributed by atoms with Crippen molar-refractivity contribution in [2.45, 2.75) is 46.2 Å². The van der Waals surface area contributed by atoms with Crippen molar-refractivity contribution in [3.05, 3.63) is 0 Å². The summed E-state index contributed by atoms with van der Waals surface area (Å²) < 4.78 is 0. The average molecular weight is 254 g/mol. The lowest BCUT2D eigenvalue weighted by atomic mass is 9.85. The first-order valence-corrected chi connectivity index (χ1v) is 6.28. The lowest BCUT2D eigenvalue weighted by molar-refractivity contribution is -0.140. The summed E-state index contributed by atoms with van der Waals surface area (Å²) in [5, 5.41) is 2.57. The van der Waals surface area contributed by atoms with Gasteiger partial charge >= 0.3 is 0 Å². The predicted molar refractivity (Wildman–Crippen MR) is 67.8 cm³/mol. The molecule has 102 valence electrons. The smallest absolute Gasteiger partial charge is 0.246 e. The number of nitrogens with zero attached hydrogens (tertiary/aromatic N) is 1. The number of nitrogens with one attached hydrogen (secondary N) is 1. The molecule has 2 unspecified atom stereocenters. The third-order valence-corrected chi connectivity index (χ3v) is 3.54. The molecule has 0 aromatic rings. The number of carbonyl (C=O) groups is 3. The van der Waals surface area contributed by atoms with Crippen LogP contribution in [0.5, 0.6) is 0 Å². The third-order valence-electron chi connectivity index (χ3n) is 3.54. The Morgan fingerprint density at radius 1 is 1.39 bits per heavy atom. The Hall–Kier alpha value is -1.39. The molecule has 1 aliphatic rings. The van der Waals surface area contributed by atoms with Gasteiger partial charge in [-0.15, -0.1) is 0 Å². The van der Waals surface area contributed by atoms with Crippen LogP contribution < -0.4 is 5.32 Å². The highest BCUT2D eigenvalue weighted by atomic mass is 16.2. The summed E-state index contributed by atoms with van der Waals surface area (Å²) in [6.07, 6.45) is 2.20. The molecule has 5 nitrogen and oxygen atoms in total. The Kier molecular flexibility index (Phi) is 4.48. The Labute approximate surface area is 108 Å². The molecule has 0 saturated carbocycles. The number of aldehydes is 1. The highest BCUT2D eigenvalue weighted by Crippen LogP contribution is 2.27. The first-order chi connectivity index (χ1) is 8.32. The molecule has 0 bridgehead atoms. The van der Waals surface area contributed by atoms with E-state index >= 15 is 0 Å². The predicted octanol–water partition coefficient (Wildman–Crippen LogP) is 0.583. The molecular formula is C13H22N2O3. The lowest BCUT2D eigenvalue weighted by Gasteiger charge is -2.34. The van der Waals surface area contributed by atoms with E-state index in [1.807, 2.05) is 27.7 Å². The molecule has 1 aliphatic heterocycles. The topological polar surface area (TPSA) is 66.5 Å². The van der Waals surface area contributed by atoms with Gasteiger partial charge in [-0.2, -0.15) is 0 Å². The SMILES string of the molecule is CC1CCN(C(=O)[C@@H](NC=O)C(C)(C)C)C1C=O. The molecule has 0 radical (unpaired) electrons. The van der Waals surface area contributed by atoms with Crippen LogP contribution in [0.25, 0.3) is 0 Å². The van der Waals surface area contributed by atoms with Gasteiger partial charge in [-0.3, -0.25) is 9.59 Å². The number of hydrogen-bond donors (Lipinski definition) is 1. The van der Waals surface area contributed by atoms with Crippen LogP contribution in [0.2, 0.25) is 0 Å². The van der Waals surface area contributed by atoms with Crippen LogP contribution in [0.3, 0.4) is 0 Å². The van der Waals surface area contributed by atoms with Gasteiger partial charge < -0.3 is 15.0 Å². The van der Waals surface area contributed by atoms with E-state index in [0.29, 0.717) is 13.0 Å². The third kappa shape index (κ3) is 2.89. The van der Waals surface area contributed by atoms with Crippen LogP contribution in [0.1, 0.15) is 34.1 Å². The maximum atomic E-state index is 12.4. The number of carbonyl (C=O) groups excluding carboxylic acids is 3. The summed E-state index contributed by atoms with van der Waals surface area (Å²) >= 11 is 0. The zero-order valence-electron chi connectivity index (χ0n) is 11.5. The van der Waals surface area contributed by atoms with Crippen molar-refractivity contribution in [2.24, 2.45) is 11.3 Å². The van der Waals surface area contributed by atoms with Gasteiger partial charge in [0.1, 0.15) is 12.3 Å². The van der Waals surface area contributed by atoms with Crippen LogP contribution in [-0.2, 0) is 14.4 Å². The molecule has 3 atom stereocenters. The van der Waals surface area contributed by atoms with Crippen LogP contribution in [0.15, 0.2) is 0 Å². The molecule has 5 heteroatoms. The lowest BCUT2D eigenvalue weighted by Crippen LogP contribution is -2.54. The molecule has 0 aromatic heterocycles. The molecule has 1 rings (SSSR count). The van der Waals surface area contributed by atoms with Crippen LogP contribution >= 0.6 is 0 Å². The summed E-state index contributed by atoms with van der Waals surface area (Å²) in [5.74, 6) is 0.0133. The zero-order valence-corrected chi connectivity index (χ0v) is 11.5. The fourth-order valence-electron chi connectivity index (χ4n) is 2.36. The monoisotopic (exact) mass is 254 g/mol. The number of likely N-dealkylation sites (tertiary alicyclic amines) is 1. The van der Waals surface area contributed by atoms with Gasteiger partial charge in [0.25, 0.3) is 0 Å². The van der Waals surface area contributed by atoms with E-state index < -0.39 is 6.04 Å². The highest BCUT2D eigenvalue weighted by molar-refractivity contribution is 5.87. The van der Waals surface area contributed by atoms with Gasteiger partial charge in [-0.25, -0.2) is 0 Å². The highest BCUT2D eigenvalue weighted by Gasteiger charge is 2.40. The summed E-state index contributed by atoms with van der Waals surface area (Å²) in [7, 11) is 0. The fourth-order valence-corrected chi connectivity index (χ4v) is 2.36. The Bertz CT molecular complexity index is 336. The van der Waals surface area contributed by atoms with Crippen LogP contribution in [0.4, 0.5) is 0 Å². The maximum absolute atomic E-state index is 12.4. The Morgan fingerprint density at radius 2 is 2.00 bits per heavy atom. The quantitative estimate of drug-likeness (QED) is 0.746. The summed E-state index contributed by atoms with van der Waals surface area (Å²) in [6.45, 7) is 8.21. The molecule has 0 spiro atoms. The van der Waals surface area contributed by atoms with Crippen LogP contribution in [-0.4, -0.2) is 42.1 Å². The molecule has 1 heterocycles. The largest absolute Gasteiger partial charge is 0.346 e. The van der Waals surface area contributed by atoms with Crippen molar-refractivity contribution in [2.75, 3.05) is 6.54 Å². The minimum atomic E-state index is -0.595. The second-order valence-corrected chi connectivity index (χ2v) is 6.01. The Morgan fingerprint density at radius 3 is 2.44 bits per heavy atom. The van der Waals surface area contributed by atoms with Crippen LogP contribution in [0, 0.1) is 11.3 Å². The van der Waals surface area contributed by atoms with Gasteiger partial charge in [0.15, 0.2) is 0 Å². The van der Waals surface area contributed by atoms with E-state index in [2.05, 4.69) is 5.32 Å². The van der Waals surface area contributed by atoms with Crippen molar-refractivity contribution in [1.82, 2.24) is 10.2 Å². The fraction of sp³-hybridized carbons (Fsp3) is 0.769. The second-order valence-electron chi connectivity index (χ2n) is 6.01. The first kappa shape index (κ1) is 14.7. The van der Waals surface area contributed by atoms with Crippen molar-refractivity contribution in [3.63, 3.8) is 0 Å². The van der Waals surface area contributed by atoms with Gasteiger partial charge in [0.2, 0.25) is 12.3 Å². The van der Waals surface area contributed by atoms with Crippen molar-refractivity contribution in [1.29, 1.82) is 0 Å². The minimum absolute atomic E-state index is 0.170. The van der Waals surface area contributed by atoms with E-state index in [1.165, 1.54) is 0 Å². The molecule has 1 N–H and O–H groups in total. The Balaban J connectivity index is 2.90. The number of hydrogen-bond acceptors (Lipinski definition) is 3. The summed E-state index contributed by atoms with van der Waals surface area (Å²) in [4.78, 5) is 35.8. The normalized spacial score (nSPS) is 25.7. The molecular weight excluding hydrogens is 232 g/mol. The molecule has 0 aliphatic carbocycles. The zero-order chi connectivity index (χ0) is 13.9. The molecule has 18 heavy (non-hydrogen) atoms. The van der Waals surface area contributed by atoms with Crippen molar-refractivity contribution < 1.29 is 14.4 Å². The average Bonchev–Trinajstić information content (AvgIpc) is 2.64. The van der Waals surface area contributed by atoms with E-state index in [9.17, 15) is 14.4 Å². The van der Waals surface area contributed by atoms with Gasteiger partial charge in [-0.05, 0) is 17.8 Å². The summed E-state index contributed by atoms with van der Waals surface area (Å²) in [5.41, 5.74) is -0.378. The second kappa shape index (κ2) is 5.50. The van der Waals surface area contributed by atoms with E-state index in [0.717, 1.165) is 12.7 Å². The van der Waals surface area contributed by atoms with Gasteiger partial charge in [-0.1, -0.05) is 27.7 Å². The van der Waals surface area contributed by atoms with Crippen molar-refractivity contribution >= 4 is 18.6 Å². The van der Waals surface area contributed by atoms with Gasteiger partial charge in [0, 0.05) is 6.54 Å². The molecule has 2 amide bonds. The van der Waals surface area contributed by atoms with E-state index in [4.69, 9.17) is 0 Å². The first-order valence-electron chi connectivity index (χ1n) is 6.28. The minimum Gasteiger partial charge on any atom is -0.346 e. The maximum Gasteiger partial charge on any atom is 0.246 e. The molecule has 1 saturated heterocycles. The van der Waals surface area contributed by atoms with Gasteiger partial charge in [0.05, 0.1) is 6.04 Å². The molecule has 1 fully saturated rings. The van der Waals surface area contributed by atoms with E-state index in [1.54, 1.807) is 4.90 Å².